The van der Waals surface area contributed by atoms with Gasteiger partial charge in [-0.05, 0) is 54.1 Å². The van der Waals surface area contributed by atoms with E-state index in [1.807, 2.05) is 0 Å². The highest BCUT2D eigenvalue weighted by Gasteiger charge is 2.04. The molecule has 0 fully saturated rings. The van der Waals surface area contributed by atoms with E-state index < -0.39 is 6.61 Å². The summed E-state index contributed by atoms with van der Waals surface area (Å²) in [5, 5.41) is 3.81. The summed E-state index contributed by atoms with van der Waals surface area (Å²) in [6, 6.07) is 12.7. The molecule has 1 amide bonds. The highest BCUT2D eigenvalue weighted by atomic mass is 79.9. The molecule has 0 unspecified atom stereocenters. The van der Waals surface area contributed by atoms with Gasteiger partial charge in [0, 0.05) is 10.0 Å². The van der Waals surface area contributed by atoms with Crippen molar-refractivity contribution in [2.75, 3.05) is 0 Å². The van der Waals surface area contributed by atoms with E-state index in [0.717, 1.165) is 4.47 Å². The van der Waals surface area contributed by atoms with Crippen molar-refractivity contribution in [3.63, 3.8) is 0 Å². The smallest absolute Gasteiger partial charge is 0.387 e. The van der Waals surface area contributed by atoms with Gasteiger partial charge in [0.25, 0.3) is 5.91 Å². The van der Waals surface area contributed by atoms with Crippen LogP contribution in [0.25, 0.3) is 0 Å². The van der Waals surface area contributed by atoms with Gasteiger partial charge in [0.15, 0.2) is 0 Å². The first-order chi connectivity index (χ1) is 10.5. The number of carbonyl (C=O) groups excluding carboxylic acids is 1. The van der Waals surface area contributed by atoms with Crippen molar-refractivity contribution in [3.05, 3.63) is 64.1 Å². The monoisotopic (exact) mass is 368 g/mol. The van der Waals surface area contributed by atoms with Crippen LogP contribution in [0.5, 0.6) is 5.75 Å². The lowest BCUT2D eigenvalue weighted by Gasteiger charge is -2.03. The number of amides is 1. The maximum absolute atomic E-state index is 12.0. The summed E-state index contributed by atoms with van der Waals surface area (Å²) in [7, 11) is 0. The van der Waals surface area contributed by atoms with Crippen LogP contribution in [-0.2, 0) is 0 Å². The third kappa shape index (κ3) is 4.92. The number of halogens is 3. The molecule has 0 aliphatic heterocycles. The Morgan fingerprint density at radius 2 is 1.77 bits per heavy atom. The summed E-state index contributed by atoms with van der Waals surface area (Å²) in [4.78, 5) is 11.8. The van der Waals surface area contributed by atoms with Gasteiger partial charge < -0.3 is 4.74 Å². The predicted octanol–water partition coefficient (Wildman–Crippen LogP) is 3.81. The van der Waals surface area contributed by atoms with Crippen molar-refractivity contribution in [3.8, 4) is 5.75 Å². The molecular weight excluding hydrogens is 358 g/mol. The van der Waals surface area contributed by atoms with Crippen molar-refractivity contribution in [1.82, 2.24) is 5.43 Å². The first-order valence-corrected chi connectivity index (χ1v) is 6.98. The predicted molar refractivity (Wildman–Crippen MR) is 82.3 cm³/mol. The minimum atomic E-state index is -2.86. The van der Waals surface area contributed by atoms with Gasteiger partial charge in [0.1, 0.15) is 5.75 Å². The maximum Gasteiger partial charge on any atom is 0.387 e. The lowest BCUT2D eigenvalue weighted by molar-refractivity contribution is -0.0498. The van der Waals surface area contributed by atoms with Crippen LogP contribution in [0.1, 0.15) is 15.9 Å². The first-order valence-electron chi connectivity index (χ1n) is 6.18. The van der Waals surface area contributed by atoms with Gasteiger partial charge in [-0.3, -0.25) is 4.79 Å². The number of rotatable bonds is 5. The second-order valence-corrected chi connectivity index (χ2v) is 5.07. The van der Waals surface area contributed by atoms with Crippen LogP contribution < -0.4 is 10.2 Å². The van der Waals surface area contributed by atoms with Crippen LogP contribution in [-0.4, -0.2) is 18.7 Å². The Bertz CT molecular complexity index is 658. The van der Waals surface area contributed by atoms with E-state index in [-0.39, 0.29) is 11.7 Å². The standard InChI is InChI=1S/C15H11BrF2N2O2/c16-12-5-3-11(4-6-12)14(21)20-19-9-10-1-7-13(8-2-10)22-15(17)18/h1-9,15H,(H,20,21). The normalized spacial score (nSPS) is 10.9. The molecule has 0 saturated heterocycles. The number of alkyl halides is 2. The molecule has 22 heavy (non-hydrogen) atoms. The average Bonchev–Trinajstić information content (AvgIpc) is 2.49. The summed E-state index contributed by atoms with van der Waals surface area (Å²) in [6.07, 6.45) is 1.41. The Morgan fingerprint density at radius 1 is 1.14 bits per heavy atom. The maximum atomic E-state index is 12.0. The van der Waals surface area contributed by atoms with Gasteiger partial charge in [0.05, 0.1) is 6.21 Å². The molecule has 0 atom stereocenters. The summed E-state index contributed by atoms with van der Waals surface area (Å²) in [6.45, 7) is -2.86. The van der Waals surface area contributed by atoms with Gasteiger partial charge in [0.2, 0.25) is 0 Å². The molecule has 0 spiro atoms. The van der Waals surface area contributed by atoms with E-state index in [4.69, 9.17) is 0 Å². The van der Waals surface area contributed by atoms with Gasteiger partial charge in [-0.1, -0.05) is 15.9 Å². The summed E-state index contributed by atoms with van der Waals surface area (Å²) in [5.74, 6) is -0.285. The van der Waals surface area contributed by atoms with E-state index in [0.29, 0.717) is 11.1 Å². The molecular formula is C15H11BrF2N2O2. The van der Waals surface area contributed by atoms with Crippen molar-refractivity contribution in [2.24, 2.45) is 5.10 Å². The van der Waals surface area contributed by atoms with Gasteiger partial charge in [-0.15, -0.1) is 0 Å². The lowest BCUT2D eigenvalue weighted by atomic mass is 10.2. The topological polar surface area (TPSA) is 50.7 Å². The van der Waals surface area contributed by atoms with Crippen molar-refractivity contribution in [2.45, 2.75) is 6.61 Å². The highest BCUT2D eigenvalue weighted by Crippen LogP contribution is 2.14. The minimum absolute atomic E-state index is 0.0612. The summed E-state index contributed by atoms with van der Waals surface area (Å²) >= 11 is 3.28. The van der Waals surface area contributed by atoms with Crippen LogP contribution in [0.3, 0.4) is 0 Å². The average molecular weight is 369 g/mol. The molecule has 114 valence electrons. The SMILES string of the molecule is O=C(NN=Cc1ccc(OC(F)F)cc1)c1ccc(Br)cc1. The number of carbonyl (C=O) groups is 1. The third-order valence-electron chi connectivity index (χ3n) is 2.59. The molecule has 0 heterocycles. The van der Waals surface area contributed by atoms with E-state index in [9.17, 15) is 13.6 Å². The second-order valence-electron chi connectivity index (χ2n) is 4.15. The second kappa shape index (κ2) is 7.65. The zero-order chi connectivity index (χ0) is 15.9. The number of hydrogen-bond acceptors (Lipinski definition) is 3. The minimum Gasteiger partial charge on any atom is -0.435 e. The number of nitrogens with one attached hydrogen (secondary N) is 1. The molecule has 7 heteroatoms. The molecule has 0 aliphatic rings. The molecule has 4 nitrogen and oxygen atoms in total. The van der Waals surface area contributed by atoms with Crippen molar-refractivity contribution in [1.29, 1.82) is 0 Å². The first kappa shape index (κ1) is 16.1. The Balaban J connectivity index is 1.91. The zero-order valence-electron chi connectivity index (χ0n) is 11.2. The zero-order valence-corrected chi connectivity index (χ0v) is 12.8. The van der Waals surface area contributed by atoms with Crippen molar-refractivity contribution >= 4 is 28.1 Å². The fourth-order valence-electron chi connectivity index (χ4n) is 1.57. The third-order valence-corrected chi connectivity index (χ3v) is 3.12. The molecule has 1 N–H and O–H groups in total. The molecule has 2 aromatic carbocycles. The lowest BCUT2D eigenvalue weighted by Crippen LogP contribution is -2.17. The van der Waals surface area contributed by atoms with Crippen LogP contribution in [0.15, 0.2) is 58.1 Å². The van der Waals surface area contributed by atoms with Gasteiger partial charge >= 0.3 is 6.61 Å². The summed E-state index contributed by atoms with van der Waals surface area (Å²) < 4.78 is 29.1. The van der Waals surface area contributed by atoms with Crippen LogP contribution >= 0.6 is 15.9 Å². The van der Waals surface area contributed by atoms with E-state index >= 15 is 0 Å². The highest BCUT2D eigenvalue weighted by molar-refractivity contribution is 9.10. The van der Waals surface area contributed by atoms with E-state index in [2.05, 4.69) is 31.2 Å². The number of hydrogen-bond donors (Lipinski definition) is 1. The molecule has 2 rings (SSSR count). The van der Waals surface area contributed by atoms with Crippen LogP contribution in [0.4, 0.5) is 8.78 Å². The van der Waals surface area contributed by atoms with E-state index in [1.54, 1.807) is 36.4 Å². The quantitative estimate of drug-likeness (QED) is 0.644. The van der Waals surface area contributed by atoms with Crippen LogP contribution in [0, 0.1) is 0 Å². The Morgan fingerprint density at radius 3 is 2.36 bits per heavy atom. The molecule has 0 bridgehead atoms. The van der Waals surface area contributed by atoms with Crippen molar-refractivity contribution < 1.29 is 18.3 Å². The number of nitrogens with zero attached hydrogens (tertiary/aromatic N) is 1. The van der Waals surface area contributed by atoms with Gasteiger partial charge in [-0.25, -0.2) is 5.43 Å². The molecule has 0 aliphatic carbocycles. The Kier molecular flexibility index (Phi) is 5.60. The fraction of sp³-hybridized carbons (Fsp3) is 0.0667. The fourth-order valence-corrected chi connectivity index (χ4v) is 1.83. The largest absolute Gasteiger partial charge is 0.435 e. The van der Waals surface area contributed by atoms with E-state index in [1.165, 1.54) is 18.3 Å². The number of hydrazone groups is 1. The van der Waals surface area contributed by atoms with Gasteiger partial charge in [-0.2, -0.15) is 13.9 Å². The Labute approximate surface area is 133 Å². The molecule has 0 saturated carbocycles. The molecule has 0 radical (unpaired) electrons. The molecule has 0 aromatic heterocycles. The number of benzene rings is 2. The summed E-state index contributed by atoms with van der Waals surface area (Å²) in [5.41, 5.74) is 3.49. The molecule has 2 aromatic rings. The van der Waals surface area contributed by atoms with Crippen LogP contribution in [0.2, 0.25) is 0 Å². The number of ether oxygens (including phenoxy) is 1. The Hall–Kier alpha value is -2.28.